The molecule has 0 aliphatic rings. The topological polar surface area (TPSA) is 57.6 Å². The number of rotatable bonds is 3. The van der Waals surface area contributed by atoms with E-state index < -0.39 is 29.6 Å². The van der Waals surface area contributed by atoms with Crippen molar-refractivity contribution in [1.29, 1.82) is 0 Å². The minimum atomic E-state index is -1.46. The van der Waals surface area contributed by atoms with Gasteiger partial charge in [-0.1, -0.05) is 6.07 Å². The second-order valence-corrected chi connectivity index (χ2v) is 3.54. The first-order valence-electron chi connectivity index (χ1n) is 4.75. The van der Waals surface area contributed by atoms with Gasteiger partial charge in [0.05, 0.1) is 0 Å². The molecule has 0 heterocycles. The molecule has 1 amide bonds. The zero-order chi connectivity index (χ0) is 13.2. The molecule has 1 atom stereocenters. The summed E-state index contributed by atoms with van der Waals surface area (Å²) in [6, 6.07) is 1.08. The fourth-order valence-electron chi connectivity index (χ4n) is 1.41. The Morgan fingerprint density at radius 2 is 1.94 bits per heavy atom. The molecule has 0 saturated carbocycles. The molecule has 0 saturated heterocycles. The van der Waals surface area contributed by atoms with Crippen LogP contribution in [-0.4, -0.2) is 28.9 Å². The van der Waals surface area contributed by atoms with E-state index in [4.69, 9.17) is 5.11 Å². The van der Waals surface area contributed by atoms with Crippen molar-refractivity contribution in [2.75, 3.05) is 7.05 Å². The molecule has 0 bridgehead atoms. The minimum absolute atomic E-state index is 0.253. The zero-order valence-electron chi connectivity index (χ0n) is 9.28. The zero-order valence-corrected chi connectivity index (χ0v) is 9.28. The van der Waals surface area contributed by atoms with Crippen LogP contribution in [0.3, 0.4) is 0 Å². The van der Waals surface area contributed by atoms with Crippen LogP contribution in [-0.2, 0) is 9.59 Å². The lowest BCUT2D eigenvalue weighted by Crippen LogP contribution is -2.34. The molecule has 1 unspecified atom stereocenters. The summed E-state index contributed by atoms with van der Waals surface area (Å²) in [5.74, 6) is -3.71. The molecular weight excluding hydrogens is 232 g/mol. The average molecular weight is 243 g/mol. The second kappa shape index (κ2) is 4.90. The normalized spacial score (nSPS) is 12.0. The number of halogens is 2. The van der Waals surface area contributed by atoms with Crippen LogP contribution < -0.4 is 0 Å². The number of carboxylic acids is 1. The van der Waals surface area contributed by atoms with Crippen LogP contribution >= 0.6 is 0 Å². The van der Waals surface area contributed by atoms with Crippen molar-refractivity contribution in [1.82, 2.24) is 4.90 Å². The van der Waals surface area contributed by atoms with Crippen molar-refractivity contribution in [3.63, 3.8) is 0 Å². The van der Waals surface area contributed by atoms with Gasteiger partial charge in [0, 0.05) is 25.6 Å². The molecular formula is C11H11F2NO3. The molecule has 1 N–H and O–H groups in total. The molecule has 6 heteroatoms. The molecule has 1 aromatic rings. The third-order valence-corrected chi connectivity index (χ3v) is 2.37. The average Bonchev–Trinajstić information content (AvgIpc) is 2.20. The lowest BCUT2D eigenvalue weighted by molar-refractivity contribution is -0.148. The number of carboxylic acid groups (broad SMARTS) is 1. The molecule has 0 aliphatic heterocycles. The number of amides is 1. The Labute approximate surface area is 96.5 Å². The van der Waals surface area contributed by atoms with Gasteiger partial charge in [0.25, 0.3) is 0 Å². The highest BCUT2D eigenvalue weighted by Gasteiger charge is 2.29. The van der Waals surface area contributed by atoms with Gasteiger partial charge in [0.2, 0.25) is 5.91 Å². The van der Waals surface area contributed by atoms with Crippen LogP contribution in [0.2, 0.25) is 0 Å². The third-order valence-electron chi connectivity index (χ3n) is 2.37. The van der Waals surface area contributed by atoms with E-state index in [0.717, 1.165) is 24.0 Å². The number of hydrogen-bond donors (Lipinski definition) is 1. The molecule has 0 radical (unpaired) electrons. The maximum atomic E-state index is 13.4. The summed E-state index contributed by atoms with van der Waals surface area (Å²) in [4.78, 5) is 23.0. The maximum Gasteiger partial charge on any atom is 0.331 e. The largest absolute Gasteiger partial charge is 0.479 e. The summed E-state index contributed by atoms with van der Waals surface area (Å²) in [7, 11) is 1.24. The van der Waals surface area contributed by atoms with Gasteiger partial charge in [0.1, 0.15) is 11.6 Å². The Kier molecular flexibility index (Phi) is 3.77. The van der Waals surface area contributed by atoms with Crippen LogP contribution in [0.5, 0.6) is 0 Å². The van der Waals surface area contributed by atoms with Crippen molar-refractivity contribution < 1.29 is 23.5 Å². The highest BCUT2D eigenvalue weighted by atomic mass is 19.1. The number of carbonyl (C=O) groups is 2. The van der Waals surface area contributed by atoms with Crippen LogP contribution in [0.4, 0.5) is 8.78 Å². The number of hydrogen-bond acceptors (Lipinski definition) is 2. The number of nitrogens with zero attached hydrogens (tertiary/aromatic N) is 1. The standard InChI is InChI=1S/C11H11F2NO3/c1-6(15)14(2)10(11(16)17)8-4-3-7(12)5-9(8)13/h3-5,10H,1-2H3,(H,16,17). The lowest BCUT2D eigenvalue weighted by Gasteiger charge is -2.24. The minimum Gasteiger partial charge on any atom is -0.479 e. The molecule has 92 valence electrons. The first kappa shape index (κ1) is 13.1. The van der Waals surface area contributed by atoms with Gasteiger partial charge < -0.3 is 10.0 Å². The van der Waals surface area contributed by atoms with Crippen molar-refractivity contribution in [2.45, 2.75) is 13.0 Å². The van der Waals surface area contributed by atoms with Crippen molar-refractivity contribution in [2.24, 2.45) is 0 Å². The second-order valence-electron chi connectivity index (χ2n) is 3.54. The Morgan fingerprint density at radius 1 is 1.35 bits per heavy atom. The maximum absolute atomic E-state index is 13.4. The molecule has 0 aromatic heterocycles. The van der Waals surface area contributed by atoms with Gasteiger partial charge in [-0.3, -0.25) is 4.79 Å². The molecule has 1 aromatic carbocycles. The molecule has 0 aliphatic carbocycles. The van der Waals surface area contributed by atoms with Crippen LogP contribution in [0.1, 0.15) is 18.5 Å². The van der Waals surface area contributed by atoms with E-state index in [0.29, 0.717) is 6.07 Å². The molecule has 17 heavy (non-hydrogen) atoms. The predicted octanol–water partition coefficient (Wildman–Crippen LogP) is 1.57. The summed E-state index contributed by atoms with van der Waals surface area (Å²) < 4.78 is 26.1. The summed E-state index contributed by atoms with van der Waals surface area (Å²) >= 11 is 0. The van der Waals surface area contributed by atoms with Crippen LogP contribution in [0.15, 0.2) is 18.2 Å². The number of benzene rings is 1. The summed E-state index contributed by atoms with van der Waals surface area (Å²) in [5, 5.41) is 8.99. The van der Waals surface area contributed by atoms with Gasteiger partial charge in [-0.25, -0.2) is 13.6 Å². The van der Waals surface area contributed by atoms with Crippen LogP contribution in [0, 0.1) is 11.6 Å². The van der Waals surface area contributed by atoms with Crippen molar-refractivity contribution in [3.8, 4) is 0 Å². The van der Waals surface area contributed by atoms with E-state index in [1.807, 2.05) is 0 Å². The molecule has 0 fully saturated rings. The Bertz CT molecular complexity index is 462. The Balaban J connectivity index is 3.23. The highest BCUT2D eigenvalue weighted by Crippen LogP contribution is 2.23. The van der Waals surface area contributed by atoms with Gasteiger partial charge in [-0.15, -0.1) is 0 Å². The number of aliphatic carboxylic acids is 1. The molecule has 1 rings (SSSR count). The van der Waals surface area contributed by atoms with E-state index in [1.165, 1.54) is 7.05 Å². The van der Waals surface area contributed by atoms with Crippen molar-refractivity contribution in [3.05, 3.63) is 35.4 Å². The monoisotopic (exact) mass is 243 g/mol. The first-order valence-corrected chi connectivity index (χ1v) is 4.75. The van der Waals surface area contributed by atoms with E-state index in [2.05, 4.69) is 0 Å². The van der Waals surface area contributed by atoms with E-state index in [-0.39, 0.29) is 5.56 Å². The number of carbonyl (C=O) groups excluding carboxylic acids is 1. The van der Waals surface area contributed by atoms with Gasteiger partial charge in [-0.05, 0) is 6.07 Å². The summed E-state index contributed by atoms with van der Waals surface area (Å²) in [6.45, 7) is 1.16. The smallest absolute Gasteiger partial charge is 0.331 e. The highest BCUT2D eigenvalue weighted by molar-refractivity contribution is 5.83. The van der Waals surface area contributed by atoms with E-state index >= 15 is 0 Å². The summed E-state index contributed by atoms with van der Waals surface area (Å²) in [5.41, 5.74) is -0.253. The number of likely N-dealkylation sites (N-methyl/N-ethyl adjacent to an activating group) is 1. The Morgan fingerprint density at radius 3 is 2.35 bits per heavy atom. The van der Waals surface area contributed by atoms with E-state index in [9.17, 15) is 18.4 Å². The van der Waals surface area contributed by atoms with E-state index in [1.54, 1.807) is 0 Å². The molecule has 0 spiro atoms. The molecule has 4 nitrogen and oxygen atoms in total. The lowest BCUT2D eigenvalue weighted by atomic mass is 10.0. The first-order chi connectivity index (χ1) is 7.84. The van der Waals surface area contributed by atoms with Gasteiger partial charge in [-0.2, -0.15) is 0 Å². The van der Waals surface area contributed by atoms with Gasteiger partial charge >= 0.3 is 5.97 Å². The SMILES string of the molecule is CC(=O)N(C)C(C(=O)O)c1ccc(F)cc1F. The third kappa shape index (κ3) is 2.77. The predicted molar refractivity (Wildman–Crippen MR) is 55.2 cm³/mol. The quantitative estimate of drug-likeness (QED) is 0.876. The Hall–Kier alpha value is -1.98. The van der Waals surface area contributed by atoms with Gasteiger partial charge in [0.15, 0.2) is 6.04 Å². The summed E-state index contributed by atoms with van der Waals surface area (Å²) in [6.07, 6.45) is 0. The fourth-order valence-corrected chi connectivity index (χ4v) is 1.41. The van der Waals surface area contributed by atoms with Crippen molar-refractivity contribution >= 4 is 11.9 Å². The fraction of sp³-hybridized carbons (Fsp3) is 0.273. The van der Waals surface area contributed by atoms with Crippen LogP contribution in [0.25, 0.3) is 0 Å².